The summed E-state index contributed by atoms with van der Waals surface area (Å²) in [7, 11) is 0. The first kappa shape index (κ1) is 15.5. The van der Waals surface area contributed by atoms with E-state index >= 15 is 0 Å². The molecule has 0 unspecified atom stereocenters. The first-order chi connectivity index (χ1) is 9.61. The third-order valence-corrected chi connectivity index (χ3v) is 4.76. The molecule has 0 aliphatic heterocycles. The van der Waals surface area contributed by atoms with E-state index in [1.807, 2.05) is 36.4 Å². The molecular formula is C16H15Cl3O. The number of alkyl halides is 2. The highest BCUT2D eigenvalue weighted by Crippen LogP contribution is 2.36. The maximum atomic E-state index is 9.59. The zero-order valence-corrected chi connectivity index (χ0v) is 13.1. The van der Waals surface area contributed by atoms with Crippen molar-refractivity contribution < 1.29 is 5.11 Å². The normalized spacial score (nSPS) is 11.6. The molecule has 0 aliphatic rings. The Hall–Kier alpha value is -0.890. The molecule has 1 N–H and O–H groups in total. The monoisotopic (exact) mass is 328 g/mol. The highest BCUT2D eigenvalue weighted by Gasteiger charge is 2.32. The summed E-state index contributed by atoms with van der Waals surface area (Å²) in [6, 6.07) is 14.7. The zero-order chi connectivity index (χ0) is 14.6. The average molecular weight is 330 g/mol. The first-order valence-corrected chi connectivity index (χ1v) is 7.71. The van der Waals surface area contributed by atoms with Crippen molar-refractivity contribution in [1.29, 1.82) is 0 Å². The van der Waals surface area contributed by atoms with Crippen LogP contribution in [0, 0.1) is 0 Å². The molecule has 0 heterocycles. The van der Waals surface area contributed by atoms with Gasteiger partial charge in [-0.25, -0.2) is 0 Å². The minimum atomic E-state index is -0.449. The lowest BCUT2D eigenvalue weighted by molar-refractivity contribution is 0.472. The number of halogens is 3. The van der Waals surface area contributed by atoms with Crippen LogP contribution in [0.5, 0.6) is 5.75 Å². The molecule has 20 heavy (non-hydrogen) atoms. The number of rotatable bonds is 5. The van der Waals surface area contributed by atoms with E-state index in [2.05, 4.69) is 0 Å². The van der Waals surface area contributed by atoms with Crippen LogP contribution >= 0.6 is 34.8 Å². The van der Waals surface area contributed by atoms with Gasteiger partial charge < -0.3 is 5.11 Å². The number of phenols is 1. The van der Waals surface area contributed by atoms with Crippen LogP contribution in [0.25, 0.3) is 0 Å². The Morgan fingerprint density at radius 3 is 2.25 bits per heavy atom. The SMILES string of the molecule is Oc1cccc(CC(CCl)(CCl)c2ccccc2Cl)c1. The van der Waals surface area contributed by atoms with Gasteiger partial charge in [-0.15, -0.1) is 23.2 Å². The smallest absolute Gasteiger partial charge is 0.115 e. The quantitative estimate of drug-likeness (QED) is 0.765. The molecule has 0 radical (unpaired) electrons. The topological polar surface area (TPSA) is 20.2 Å². The first-order valence-electron chi connectivity index (χ1n) is 6.26. The van der Waals surface area contributed by atoms with Gasteiger partial charge in [0.25, 0.3) is 0 Å². The molecule has 0 spiro atoms. The van der Waals surface area contributed by atoms with Gasteiger partial charge in [-0.1, -0.05) is 41.9 Å². The van der Waals surface area contributed by atoms with Gasteiger partial charge >= 0.3 is 0 Å². The van der Waals surface area contributed by atoms with E-state index in [1.54, 1.807) is 12.1 Å². The van der Waals surface area contributed by atoms with Gasteiger partial charge in [-0.05, 0) is 35.7 Å². The molecule has 106 valence electrons. The molecular weight excluding hydrogens is 315 g/mol. The summed E-state index contributed by atoms with van der Waals surface area (Å²) in [6.45, 7) is 0. The maximum Gasteiger partial charge on any atom is 0.115 e. The molecule has 2 aromatic carbocycles. The van der Waals surface area contributed by atoms with Crippen molar-refractivity contribution in [3.63, 3.8) is 0 Å². The van der Waals surface area contributed by atoms with Crippen LogP contribution in [-0.2, 0) is 11.8 Å². The zero-order valence-electron chi connectivity index (χ0n) is 10.8. The van der Waals surface area contributed by atoms with Crippen molar-refractivity contribution in [1.82, 2.24) is 0 Å². The van der Waals surface area contributed by atoms with Crippen molar-refractivity contribution >= 4 is 34.8 Å². The highest BCUT2D eigenvalue weighted by molar-refractivity contribution is 6.32. The third kappa shape index (κ3) is 3.22. The fourth-order valence-corrected chi connectivity index (χ4v) is 3.42. The fraction of sp³-hybridized carbons (Fsp3) is 0.250. The molecule has 1 nitrogen and oxygen atoms in total. The van der Waals surface area contributed by atoms with Gasteiger partial charge in [0, 0.05) is 22.2 Å². The van der Waals surface area contributed by atoms with E-state index in [9.17, 15) is 5.11 Å². The second-order valence-electron chi connectivity index (χ2n) is 4.87. The lowest BCUT2D eigenvalue weighted by atomic mass is 9.78. The van der Waals surface area contributed by atoms with Crippen LogP contribution in [0.2, 0.25) is 5.02 Å². The molecule has 0 atom stereocenters. The van der Waals surface area contributed by atoms with Crippen LogP contribution < -0.4 is 0 Å². The summed E-state index contributed by atoms with van der Waals surface area (Å²) in [4.78, 5) is 0. The molecule has 2 aromatic rings. The van der Waals surface area contributed by atoms with Crippen molar-refractivity contribution in [2.45, 2.75) is 11.8 Å². The summed E-state index contributed by atoms with van der Waals surface area (Å²) < 4.78 is 0. The van der Waals surface area contributed by atoms with E-state index in [-0.39, 0.29) is 5.75 Å². The Labute approximate surface area is 134 Å². The number of phenolic OH excluding ortho intramolecular Hbond substituents is 1. The van der Waals surface area contributed by atoms with Crippen LogP contribution in [0.15, 0.2) is 48.5 Å². The summed E-state index contributed by atoms with van der Waals surface area (Å²) in [5.41, 5.74) is 1.47. The Morgan fingerprint density at radius 1 is 0.950 bits per heavy atom. The highest BCUT2D eigenvalue weighted by atomic mass is 35.5. The van der Waals surface area contributed by atoms with Gasteiger partial charge in [0.2, 0.25) is 0 Å². The van der Waals surface area contributed by atoms with Gasteiger partial charge in [0.1, 0.15) is 5.75 Å². The van der Waals surface area contributed by atoms with Crippen LogP contribution in [0.3, 0.4) is 0 Å². The second kappa shape index (κ2) is 6.71. The predicted octanol–water partition coefficient (Wildman–Crippen LogP) is 5.00. The molecule has 0 saturated heterocycles. The molecule has 0 aliphatic carbocycles. The van der Waals surface area contributed by atoms with Crippen molar-refractivity contribution in [3.8, 4) is 5.75 Å². The van der Waals surface area contributed by atoms with Crippen molar-refractivity contribution in [2.75, 3.05) is 11.8 Å². The summed E-state index contributed by atoms with van der Waals surface area (Å²) in [5, 5.41) is 10.2. The maximum absolute atomic E-state index is 9.59. The van der Waals surface area contributed by atoms with Gasteiger partial charge in [-0.2, -0.15) is 0 Å². The summed E-state index contributed by atoms with van der Waals surface area (Å²) >= 11 is 18.7. The molecule has 2 rings (SSSR count). The molecule has 0 aromatic heterocycles. The fourth-order valence-electron chi connectivity index (χ4n) is 2.32. The Bertz CT molecular complexity index is 579. The average Bonchev–Trinajstić information content (AvgIpc) is 2.46. The number of aromatic hydroxyl groups is 1. The van der Waals surface area contributed by atoms with Crippen LogP contribution in [0.1, 0.15) is 11.1 Å². The standard InChI is InChI=1S/C16H15Cl3O/c17-10-16(11-18,14-6-1-2-7-15(14)19)9-12-4-3-5-13(20)8-12/h1-8,20H,9-11H2. The predicted molar refractivity (Wildman–Crippen MR) is 86.4 cm³/mol. The Kier molecular flexibility index (Phi) is 5.20. The lowest BCUT2D eigenvalue weighted by Crippen LogP contribution is -2.33. The Balaban J connectivity index is 2.42. The van der Waals surface area contributed by atoms with E-state index in [1.165, 1.54) is 0 Å². The molecule has 0 amide bonds. The van der Waals surface area contributed by atoms with Gasteiger partial charge in [0.15, 0.2) is 0 Å². The summed E-state index contributed by atoms with van der Waals surface area (Å²) in [5.74, 6) is 0.950. The van der Waals surface area contributed by atoms with Crippen LogP contribution in [0.4, 0.5) is 0 Å². The molecule has 4 heteroatoms. The van der Waals surface area contributed by atoms with E-state index in [0.29, 0.717) is 23.2 Å². The number of hydrogen-bond donors (Lipinski definition) is 1. The summed E-state index contributed by atoms with van der Waals surface area (Å²) in [6.07, 6.45) is 0.623. The van der Waals surface area contributed by atoms with E-state index in [0.717, 1.165) is 11.1 Å². The lowest BCUT2D eigenvalue weighted by Gasteiger charge is -2.31. The van der Waals surface area contributed by atoms with E-state index < -0.39 is 5.41 Å². The van der Waals surface area contributed by atoms with Crippen molar-refractivity contribution in [3.05, 3.63) is 64.7 Å². The molecule has 0 saturated carbocycles. The third-order valence-electron chi connectivity index (χ3n) is 3.41. The molecule has 0 fully saturated rings. The second-order valence-corrected chi connectivity index (χ2v) is 5.82. The van der Waals surface area contributed by atoms with Gasteiger partial charge in [-0.3, -0.25) is 0 Å². The Morgan fingerprint density at radius 2 is 1.65 bits per heavy atom. The van der Waals surface area contributed by atoms with Gasteiger partial charge in [0.05, 0.1) is 0 Å². The van der Waals surface area contributed by atoms with Crippen LogP contribution in [-0.4, -0.2) is 16.9 Å². The minimum Gasteiger partial charge on any atom is -0.508 e. The van der Waals surface area contributed by atoms with Crippen molar-refractivity contribution in [2.24, 2.45) is 0 Å². The minimum absolute atomic E-state index is 0.236. The number of hydrogen-bond acceptors (Lipinski definition) is 1. The largest absolute Gasteiger partial charge is 0.508 e. The molecule has 0 bridgehead atoms. The van der Waals surface area contributed by atoms with E-state index in [4.69, 9.17) is 34.8 Å². The number of benzene rings is 2.